The van der Waals surface area contributed by atoms with Gasteiger partial charge < -0.3 is 10.5 Å². The molecule has 0 spiro atoms. The molecule has 5 heteroatoms. The van der Waals surface area contributed by atoms with E-state index >= 15 is 0 Å². The minimum Gasteiger partial charge on any atom is -0.466 e. The summed E-state index contributed by atoms with van der Waals surface area (Å²) in [7, 11) is 0. The maximum Gasteiger partial charge on any atom is 0.310 e. The van der Waals surface area contributed by atoms with Gasteiger partial charge in [-0.05, 0) is 40.5 Å². The van der Waals surface area contributed by atoms with Crippen LogP contribution in [0.5, 0.6) is 0 Å². The van der Waals surface area contributed by atoms with Crippen LogP contribution in [0.15, 0.2) is 16.6 Å². The summed E-state index contributed by atoms with van der Waals surface area (Å²) in [6.45, 7) is 2.12. The molecule has 82 valence electrons. The van der Waals surface area contributed by atoms with Crippen molar-refractivity contribution in [3.8, 4) is 0 Å². The average molecular weight is 293 g/mol. The van der Waals surface area contributed by atoms with E-state index in [1.807, 2.05) is 0 Å². The van der Waals surface area contributed by atoms with Crippen molar-refractivity contribution in [3.63, 3.8) is 0 Å². The molecule has 2 N–H and O–H groups in total. The number of halogens is 2. The zero-order valence-corrected chi connectivity index (χ0v) is 10.6. The summed E-state index contributed by atoms with van der Waals surface area (Å²) in [5.41, 5.74) is 6.95. The average Bonchev–Trinajstić information content (AvgIpc) is 2.14. The van der Waals surface area contributed by atoms with Gasteiger partial charge in [-0.1, -0.05) is 11.6 Å². The molecule has 0 fully saturated rings. The lowest BCUT2D eigenvalue weighted by Gasteiger charge is -2.07. The number of anilines is 1. The predicted molar refractivity (Wildman–Crippen MR) is 63.9 cm³/mol. The molecule has 0 unspecified atom stereocenters. The summed E-state index contributed by atoms with van der Waals surface area (Å²) in [6.07, 6.45) is 0.146. The first kappa shape index (κ1) is 12.3. The number of nitrogens with two attached hydrogens (primary N) is 1. The maximum absolute atomic E-state index is 11.2. The zero-order chi connectivity index (χ0) is 11.4. The van der Waals surface area contributed by atoms with E-state index in [-0.39, 0.29) is 12.4 Å². The minimum absolute atomic E-state index is 0.146. The number of esters is 1. The van der Waals surface area contributed by atoms with Gasteiger partial charge in [-0.15, -0.1) is 0 Å². The summed E-state index contributed by atoms with van der Waals surface area (Å²) >= 11 is 9.14. The second-order valence-electron chi connectivity index (χ2n) is 2.95. The van der Waals surface area contributed by atoms with Crippen LogP contribution >= 0.6 is 27.5 Å². The van der Waals surface area contributed by atoms with Crippen molar-refractivity contribution in [2.24, 2.45) is 0 Å². The molecule has 0 radical (unpaired) electrons. The fraction of sp³-hybridized carbons (Fsp3) is 0.300. The molecule has 0 saturated heterocycles. The van der Waals surface area contributed by atoms with Crippen molar-refractivity contribution < 1.29 is 9.53 Å². The first-order valence-corrected chi connectivity index (χ1v) is 5.60. The molecule has 1 aromatic carbocycles. The molecule has 1 aromatic rings. The molecule has 0 aliphatic rings. The normalized spacial score (nSPS) is 10.1. The van der Waals surface area contributed by atoms with Gasteiger partial charge in [-0.25, -0.2) is 0 Å². The Bertz CT molecular complexity index is 382. The standard InChI is InChI=1S/C10H11BrClNO2/c1-2-15-10(14)4-6-3-8(12)7(11)5-9(6)13/h3,5H,2,4,13H2,1H3. The van der Waals surface area contributed by atoms with Crippen LogP contribution < -0.4 is 5.73 Å². The van der Waals surface area contributed by atoms with Gasteiger partial charge in [0.1, 0.15) is 0 Å². The number of benzene rings is 1. The molecule has 15 heavy (non-hydrogen) atoms. The van der Waals surface area contributed by atoms with Crippen LogP contribution in [0.2, 0.25) is 5.02 Å². The van der Waals surface area contributed by atoms with E-state index < -0.39 is 0 Å². The van der Waals surface area contributed by atoms with Gasteiger partial charge in [0.15, 0.2) is 0 Å². The molecule has 0 amide bonds. The number of carbonyl (C=O) groups excluding carboxylic acids is 1. The molecule has 3 nitrogen and oxygen atoms in total. The molecule has 0 bridgehead atoms. The van der Waals surface area contributed by atoms with Crippen LogP contribution in [-0.2, 0) is 16.0 Å². The number of carbonyl (C=O) groups is 1. The molecule has 1 rings (SSSR count). The Morgan fingerprint density at radius 2 is 2.27 bits per heavy atom. The highest BCUT2D eigenvalue weighted by molar-refractivity contribution is 9.10. The van der Waals surface area contributed by atoms with Crippen LogP contribution in [0.25, 0.3) is 0 Å². The third kappa shape index (κ3) is 3.39. The lowest BCUT2D eigenvalue weighted by atomic mass is 10.1. The van der Waals surface area contributed by atoms with Crippen LogP contribution in [-0.4, -0.2) is 12.6 Å². The predicted octanol–water partition coefficient (Wildman–Crippen LogP) is 2.79. The molecule has 0 heterocycles. The van der Waals surface area contributed by atoms with Crippen molar-refractivity contribution in [2.45, 2.75) is 13.3 Å². The quantitative estimate of drug-likeness (QED) is 0.688. The first-order chi connectivity index (χ1) is 7.04. The van der Waals surface area contributed by atoms with Gasteiger partial charge in [0.2, 0.25) is 0 Å². The van der Waals surface area contributed by atoms with Gasteiger partial charge in [0, 0.05) is 10.2 Å². The van der Waals surface area contributed by atoms with E-state index in [1.165, 1.54) is 0 Å². The summed E-state index contributed by atoms with van der Waals surface area (Å²) < 4.78 is 5.54. The third-order valence-electron chi connectivity index (χ3n) is 1.82. The maximum atomic E-state index is 11.2. The smallest absolute Gasteiger partial charge is 0.310 e. The Hall–Kier alpha value is -0.740. The van der Waals surface area contributed by atoms with E-state index in [9.17, 15) is 4.79 Å². The molecule has 0 atom stereocenters. The van der Waals surface area contributed by atoms with E-state index in [0.717, 1.165) is 0 Å². The summed E-state index contributed by atoms with van der Waals surface area (Å²) in [5.74, 6) is -0.303. The third-order valence-corrected chi connectivity index (χ3v) is 3.02. The van der Waals surface area contributed by atoms with Crippen LogP contribution in [0.1, 0.15) is 12.5 Å². The lowest BCUT2D eigenvalue weighted by molar-refractivity contribution is -0.142. The summed E-state index contributed by atoms with van der Waals surface area (Å²) in [6, 6.07) is 3.34. The Labute approximate surface area is 102 Å². The Kier molecular flexibility index (Phi) is 4.42. The molecular weight excluding hydrogens is 281 g/mol. The molecule has 0 aliphatic carbocycles. The highest BCUT2D eigenvalue weighted by Crippen LogP contribution is 2.28. The van der Waals surface area contributed by atoms with E-state index in [2.05, 4.69) is 15.9 Å². The van der Waals surface area contributed by atoms with E-state index in [4.69, 9.17) is 22.1 Å². The second kappa shape index (κ2) is 5.37. The number of ether oxygens (including phenoxy) is 1. The summed E-state index contributed by atoms with van der Waals surface area (Å²) in [4.78, 5) is 11.2. The molecule has 0 saturated carbocycles. The number of nitrogen functional groups attached to an aromatic ring is 1. The lowest BCUT2D eigenvalue weighted by Crippen LogP contribution is -2.09. The van der Waals surface area contributed by atoms with Crippen molar-refractivity contribution in [1.82, 2.24) is 0 Å². The minimum atomic E-state index is -0.303. The summed E-state index contributed by atoms with van der Waals surface area (Å²) in [5, 5.41) is 0.531. The van der Waals surface area contributed by atoms with Gasteiger partial charge in [0.05, 0.1) is 18.1 Å². The van der Waals surface area contributed by atoms with Crippen molar-refractivity contribution >= 4 is 39.2 Å². The van der Waals surface area contributed by atoms with Gasteiger partial charge in [-0.3, -0.25) is 4.79 Å². The SMILES string of the molecule is CCOC(=O)Cc1cc(Cl)c(Br)cc1N. The van der Waals surface area contributed by atoms with Gasteiger partial charge in [0.25, 0.3) is 0 Å². The molecule has 0 aromatic heterocycles. The fourth-order valence-corrected chi connectivity index (χ4v) is 1.67. The highest BCUT2D eigenvalue weighted by Gasteiger charge is 2.09. The van der Waals surface area contributed by atoms with Crippen LogP contribution in [0, 0.1) is 0 Å². The second-order valence-corrected chi connectivity index (χ2v) is 4.21. The van der Waals surface area contributed by atoms with Gasteiger partial charge in [-0.2, -0.15) is 0 Å². The number of hydrogen-bond acceptors (Lipinski definition) is 3. The molecule has 0 aliphatic heterocycles. The Morgan fingerprint density at radius 3 is 2.87 bits per heavy atom. The van der Waals surface area contributed by atoms with Gasteiger partial charge >= 0.3 is 5.97 Å². The number of hydrogen-bond donors (Lipinski definition) is 1. The Morgan fingerprint density at radius 1 is 1.60 bits per heavy atom. The monoisotopic (exact) mass is 291 g/mol. The van der Waals surface area contributed by atoms with E-state index in [1.54, 1.807) is 19.1 Å². The fourth-order valence-electron chi connectivity index (χ4n) is 1.12. The topological polar surface area (TPSA) is 52.3 Å². The molecular formula is C10H11BrClNO2. The van der Waals surface area contributed by atoms with E-state index in [0.29, 0.717) is 27.4 Å². The van der Waals surface area contributed by atoms with Crippen molar-refractivity contribution in [1.29, 1.82) is 0 Å². The number of rotatable bonds is 3. The Balaban J connectivity index is 2.86. The highest BCUT2D eigenvalue weighted by atomic mass is 79.9. The van der Waals surface area contributed by atoms with Crippen molar-refractivity contribution in [3.05, 3.63) is 27.2 Å². The zero-order valence-electron chi connectivity index (χ0n) is 8.22. The van der Waals surface area contributed by atoms with Crippen molar-refractivity contribution in [2.75, 3.05) is 12.3 Å². The van der Waals surface area contributed by atoms with Crippen LogP contribution in [0.3, 0.4) is 0 Å². The largest absolute Gasteiger partial charge is 0.466 e. The van der Waals surface area contributed by atoms with Crippen LogP contribution in [0.4, 0.5) is 5.69 Å². The first-order valence-electron chi connectivity index (χ1n) is 4.43.